The summed E-state index contributed by atoms with van der Waals surface area (Å²) in [4.78, 5) is 31.0. The average molecular weight is 567 g/mol. The molecule has 7 N–H and O–H groups in total. The third-order valence-corrected chi connectivity index (χ3v) is 7.47. The van der Waals surface area contributed by atoms with Crippen molar-refractivity contribution >= 4 is 15.6 Å². The number of aliphatic hydroxyl groups is 3. The monoisotopic (exact) mass is 566 g/mol. The van der Waals surface area contributed by atoms with E-state index in [1.807, 2.05) is 0 Å². The quantitative estimate of drug-likeness (QED) is 0.0646. The van der Waals surface area contributed by atoms with Crippen molar-refractivity contribution in [1.29, 1.82) is 0 Å². The van der Waals surface area contributed by atoms with Gasteiger partial charge < -0.3 is 39.6 Å². The first-order valence-corrected chi connectivity index (χ1v) is 16.2. The Bertz CT molecular complexity index is 534. The molecule has 0 radical (unpaired) electrons. The van der Waals surface area contributed by atoms with Gasteiger partial charge >= 0.3 is 15.6 Å². The van der Waals surface area contributed by atoms with E-state index in [0.717, 1.165) is 6.42 Å². The molecular weight excluding hydrogens is 514 g/mol. The topological polar surface area (TPSA) is 194 Å². The van der Waals surface area contributed by atoms with Crippen molar-refractivity contribution in [2.24, 2.45) is 5.41 Å². The molecule has 220 valence electrons. The molecule has 11 nitrogen and oxygen atoms in total. The molecule has 0 aromatic heterocycles. The van der Waals surface area contributed by atoms with Gasteiger partial charge in [-0.3, -0.25) is 0 Å². The summed E-state index contributed by atoms with van der Waals surface area (Å²) < 4.78 is 27.7. The Kier molecular flexibility index (Phi) is 25.7. The van der Waals surface area contributed by atoms with Crippen LogP contribution in [0.15, 0.2) is 0 Å². The number of unbranched alkanes of at least 4 members (excludes halogenated alkanes) is 15. The van der Waals surface area contributed by atoms with Gasteiger partial charge in [-0.25, -0.2) is 9.13 Å². The Labute approximate surface area is 217 Å². The van der Waals surface area contributed by atoms with E-state index in [2.05, 4.69) is 11.2 Å². The van der Waals surface area contributed by atoms with E-state index in [1.54, 1.807) is 0 Å². The second kappa shape index (κ2) is 24.2. The normalized spacial score (nSPS) is 12.4. The fraction of sp³-hybridized carbons (Fsp3) is 1.00. The number of phosphoric acid groups is 2. The standard InChI is InChI=1S/C23H48O4.H4O7P2/c1-2-3-4-5-6-7-8-9-10-11-12-13-14-15-16-17-18-27-22-23(19-24,20-25)21-26;1-8(2,3)7-9(4,5)6/h24-26H,2-22H2,1H3;(H2,1,2,3)(H2,4,5,6). The average Bonchev–Trinajstić information content (AvgIpc) is 2.79. The van der Waals surface area contributed by atoms with E-state index in [-0.39, 0.29) is 26.4 Å². The largest absolute Gasteiger partial charge is 0.478 e. The summed E-state index contributed by atoms with van der Waals surface area (Å²) in [6, 6.07) is 0. The van der Waals surface area contributed by atoms with Gasteiger partial charge in [0.05, 0.1) is 31.8 Å². The Hall–Kier alpha value is 0.100. The third kappa shape index (κ3) is 28.7. The lowest BCUT2D eigenvalue weighted by Crippen LogP contribution is -2.38. The van der Waals surface area contributed by atoms with Crippen molar-refractivity contribution in [3.05, 3.63) is 0 Å². The lowest BCUT2D eigenvalue weighted by molar-refractivity contribution is -0.0582. The van der Waals surface area contributed by atoms with Crippen LogP contribution in [0.25, 0.3) is 0 Å². The Balaban J connectivity index is 0. The lowest BCUT2D eigenvalue weighted by atomic mass is 9.93. The van der Waals surface area contributed by atoms with E-state index in [9.17, 15) is 24.4 Å². The maximum absolute atomic E-state index is 9.63. The Morgan fingerprint density at radius 2 is 0.861 bits per heavy atom. The lowest BCUT2D eigenvalue weighted by Gasteiger charge is -2.26. The molecule has 0 rings (SSSR count). The zero-order valence-corrected chi connectivity index (χ0v) is 23.8. The molecule has 0 aliphatic rings. The van der Waals surface area contributed by atoms with Crippen molar-refractivity contribution in [2.75, 3.05) is 33.0 Å². The van der Waals surface area contributed by atoms with Gasteiger partial charge in [-0.2, -0.15) is 4.31 Å². The number of aliphatic hydroxyl groups excluding tert-OH is 3. The highest BCUT2D eigenvalue weighted by molar-refractivity contribution is 7.60. The summed E-state index contributed by atoms with van der Waals surface area (Å²) in [6.07, 6.45) is 21.6. The highest BCUT2D eigenvalue weighted by Gasteiger charge is 2.28. The smallest absolute Gasteiger partial charge is 0.396 e. The van der Waals surface area contributed by atoms with Crippen LogP contribution in [0.1, 0.15) is 110 Å². The van der Waals surface area contributed by atoms with Crippen LogP contribution in [0.4, 0.5) is 0 Å². The SMILES string of the molecule is CCCCCCCCCCCCCCCCCCOCC(CO)(CO)CO.O=P(O)(O)OP(=O)(O)O. The summed E-state index contributed by atoms with van der Waals surface area (Å²) in [6.45, 7) is 2.38. The number of ether oxygens (including phenoxy) is 1. The molecule has 0 aromatic carbocycles. The second-order valence-electron chi connectivity index (χ2n) is 9.39. The Morgan fingerprint density at radius 1 is 0.556 bits per heavy atom. The van der Waals surface area contributed by atoms with Crippen LogP contribution in [-0.2, 0) is 18.2 Å². The predicted molar refractivity (Wildman–Crippen MR) is 139 cm³/mol. The van der Waals surface area contributed by atoms with E-state index in [1.165, 1.54) is 96.3 Å². The van der Waals surface area contributed by atoms with E-state index in [4.69, 9.17) is 24.3 Å². The molecule has 0 aromatic rings. The zero-order chi connectivity index (χ0) is 27.8. The Morgan fingerprint density at radius 3 is 1.11 bits per heavy atom. The van der Waals surface area contributed by atoms with Gasteiger partial charge in [-0.1, -0.05) is 103 Å². The number of hydrogen-bond donors (Lipinski definition) is 7. The predicted octanol–water partition coefficient (Wildman–Crippen LogP) is 4.42. The molecule has 0 amide bonds. The summed E-state index contributed by atoms with van der Waals surface area (Å²) in [7, 11) is -10.1. The minimum atomic E-state index is -5.05. The molecule has 0 bridgehead atoms. The van der Waals surface area contributed by atoms with Crippen molar-refractivity contribution in [3.8, 4) is 0 Å². The highest BCUT2D eigenvalue weighted by Crippen LogP contribution is 2.53. The number of hydrogen-bond acceptors (Lipinski definition) is 7. The fourth-order valence-electron chi connectivity index (χ4n) is 3.47. The molecule has 0 fully saturated rings. The maximum atomic E-state index is 9.63. The fourth-order valence-corrected chi connectivity index (χ4v) is 4.57. The van der Waals surface area contributed by atoms with E-state index in [0.29, 0.717) is 6.61 Å². The van der Waals surface area contributed by atoms with Crippen molar-refractivity contribution in [1.82, 2.24) is 0 Å². The first-order chi connectivity index (χ1) is 16.9. The van der Waals surface area contributed by atoms with Gasteiger partial charge in [-0.05, 0) is 6.42 Å². The van der Waals surface area contributed by atoms with Crippen LogP contribution >= 0.6 is 15.6 Å². The van der Waals surface area contributed by atoms with Crippen LogP contribution in [0.3, 0.4) is 0 Å². The van der Waals surface area contributed by atoms with Gasteiger partial charge in [0.1, 0.15) is 0 Å². The van der Waals surface area contributed by atoms with Crippen LogP contribution in [0, 0.1) is 5.41 Å². The first-order valence-electron chi connectivity index (χ1n) is 13.2. The van der Waals surface area contributed by atoms with Crippen LogP contribution < -0.4 is 0 Å². The van der Waals surface area contributed by atoms with Crippen LogP contribution in [-0.4, -0.2) is 67.9 Å². The molecule has 0 aliphatic carbocycles. The van der Waals surface area contributed by atoms with Gasteiger partial charge in [0, 0.05) is 6.61 Å². The zero-order valence-electron chi connectivity index (χ0n) is 22.0. The minimum absolute atomic E-state index is 0.218. The van der Waals surface area contributed by atoms with Crippen LogP contribution in [0.5, 0.6) is 0 Å². The maximum Gasteiger partial charge on any atom is 0.478 e. The van der Waals surface area contributed by atoms with Gasteiger partial charge in [-0.15, -0.1) is 0 Å². The van der Waals surface area contributed by atoms with Crippen molar-refractivity contribution < 1.29 is 53.1 Å². The summed E-state index contributed by atoms with van der Waals surface area (Å²) >= 11 is 0. The second-order valence-corrected chi connectivity index (χ2v) is 12.0. The minimum Gasteiger partial charge on any atom is -0.396 e. The molecule has 0 atom stereocenters. The molecule has 0 saturated carbocycles. The summed E-state index contributed by atoms with van der Waals surface area (Å²) in [5.74, 6) is 0. The van der Waals surface area contributed by atoms with E-state index >= 15 is 0 Å². The summed E-state index contributed by atoms with van der Waals surface area (Å²) in [5, 5.41) is 27.7. The molecule has 0 spiro atoms. The van der Waals surface area contributed by atoms with Crippen molar-refractivity contribution in [3.63, 3.8) is 0 Å². The number of rotatable bonds is 24. The highest BCUT2D eigenvalue weighted by atomic mass is 31.3. The molecule has 0 heterocycles. The first kappa shape index (κ1) is 38.2. The molecule has 0 aliphatic heterocycles. The molecule has 36 heavy (non-hydrogen) atoms. The van der Waals surface area contributed by atoms with Gasteiger partial charge in [0.15, 0.2) is 0 Å². The van der Waals surface area contributed by atoms with Gasteiger partial charge in [0.2, 0.25) is 0 Å². The molecule has 0 unspecified atom stereocenters. The molecular formula is C23H52O11P2. The molecule has 13 heteroatoms. The van der Waals surface area contributed by atoms with Crippen LogP contribution in [0.2, 0.25) is 0 Å². The third-order valence-electron chi connectivity index (χ3n) is 5.77. The molecule has 0 saturated heterocycles. The van der Waals surface area contributed by atoms with Crippen molar-refractivity contribution in [2.45, 2.75) is 110 Å². The van der Waals surface area contributed by atoms with Gasteiger partial charge in [0.25, 0.3) is 0 Å². The summed E-state index contributed by atoms with van der Waals surface area (Å²) in [5.41, 5.74) is -0.894. The van der Waals surface area contributed by atoms with E-state index < -0.39 is 21.1 Å².